The van der Waals surface area contributed by atoms with Crippen molar-refractivity contribution in [2.75, 3.05) is 78.5 Å². The van der Waals surface area contributed by atoms with Crippen LogP contribution in [0, 0.1) is 5.41 Å². The molecule has 11 nitrogen and oxygen atoms in total. The number of hydrogen-bond donors (Lipinski definition) is 3. The highest BCUT2D eigenvalue weighted by molar-refractivity contribution is 5.83. The number of carboxylic acid groups (broad SMARTS) is 3. The van der Waals surface area contributed by atoms with Gasteiger partial charge in [-0.1, -0.05) is 20.8 Å². The molecule has 4 aliphatic heterocycles. The van der Waals surface area contributed by atoms with E-state index in [2.05, 4.69) is 0 Å². The second kappa shape index (κ2) is 7.21. The molecule has 5 atom stereocenters. The van der Waals surface area contributed by atoms with Gasteiger partial charge in [0.25, 0.3) is 0 Å². The highest BCUT2D eigenvalue weighted by Gasteiger charge is 2.99. The van der Waals surface area contributed by atoms with E-state index in [9.17, 15) is 34.5 Å². The summed E-state index contributed by atoms with van der Waals surface area (Å²) in [6, 6.07) is 0. The Morgan fingerprint density at radius 3 is 1.21 bits per heavy atom. The zero-order valence-corrected chi connectivity index (χ0v) is 20.0. The molecule has 1 spiro atoms. The average molecular weight is 471 g/mol. The number of ketones is 1. The summed E-state index contributed by atoms with van der Waals surface area (Å²) in [5.41, 5.74) is -0.506. The third-order valence-electron chi connectivity index (χ3n) is 9.29. The molecule has 4 aliphatic rings. The van der Waals surface area contributed by atoms with E-state index in [0.717, 1.165) is 0 Å². The Labute approximate surface area is 193 Å². The van der Waals surface area contributed by atoms with Crippen molar-refractivity contribution >= 4 is 23.7 Å². The maximum atomic E-state index is 12.9. The Balaban J connectivity index is 1.92. The first-order valence-electron chi connectivity index (χ1n) is 11.8. The van der Waals surface area contributed by atoms with E-state index < -0.39 is 29.2 Å². The lowest BCUT2D eigenvalue weighted by atomic mass is 9.88. The van der Waals surface area contributed by atoms with E-state index in [1.165, 1.54) is 0 Å². The third-order valence-corrected chi connectivity index (χ3v) is 9.29. The van der Waals surface area contributed by atoms with E-state index in [1.807, 2.05) is 20.8 Å². The molecule has 4 unspecified atom stereocenters. The van der Waals surface area contributed by atoms with Gasteiger partial charge >= 0.3 is 23.8 Å². The molecule has 0 aromatic carbocycles. The molecule has 0 aromatic rings. The number of carbonyl (C=O) groups excluding carboxylic acids is 1. The van der Waals surface area contributed by atoms with Gasteiger partial charge in [0.15, 0.2) is 19.6 Å². The quantitative estimate of drug-likeness (QED) is 0.376. The molecular formula is C22H38N4O7+4. The number of hydrogen-bond acceptors (Lipinski definition) is 4. The summed E-state index contributed by atoms with van der Waals surface area (Å²) >= 11 is 0. The van der Waals surface area contributed by atoms with Crippen LogP contribution in [0.25, 0.3) is 0 Å². The van der Waals surface area contributed by atoms with E-state index in [-0.39, 0.29) is 38.9 Å². The molecule has 0 radical (unpaired) electrons. The molecule has 0 amide bonds. The largest absolute Gasteiger partial charge is 0.482 e. The van der Waals surface area contributed by atoms with E-state index >= 15 is 0 Å². The zero-order valence-electron chi connectivity index (χ0n) is 20.0. The highest BCUT2D eigenvalue weighted by atomic mass is 16.4. The lowest BCUT2D eigenvalue weighted by Gasteiger charge is -2.50. The third kappa shape index (κ3) is 2.95. The highest BCUT2D eigenvalue weighted by Crippen LogP contribution is 2.62. The smallest absolute Gasteiger partial charge is 0.477 e. The second-order valence-electron chi connectivity index (χ2n) is 11.8. The lowest BCUT2D eigenvalue weighted by molar-refractivity contribution is -1.36. The minimum absolute atomic E-state index is 0.116. The van der Waals surface area contributed by atoms with Gasteiger partial charge in [-0.3, -0.25) is 4.79 Å². The van der Waals surface area contributed by atoms with Crippen molar-refractivity contribution in [3.63, 3.8) is 0 Å². The van der Waals surface area contributed by atoms with Crippen LogP contribution in [-0.4, -0.2) is 141 Å². The number of rotatable bonds is 9. The number of quaternary nitrogens is 4. The fraction of sp³-hybridized carbons (Fsp3) is 0.818. The maximum Gasteiger partial charge on any atom is 0.482 e. The molecule has 0 aliphatic carbocycles. The van der Waals surface area contributed by atoms with Gasteiger partial charge in [-0.05, 0) is 0 Å². The van der Waals surface area contributed by atoms with E-state index in [1.54, 1.807) is 0 Å². The molecule has 0 saturated carbocycles. The second-order valence-corrected chi connectivity index (χ2v) is 11.8. The van der Waals surface area contributed by atoms with Crippen molar-refractivity contribution in [2.24, 2.45) is 5.41 Å². The Hall–Kier alpha value is -2.08. The van der Waals surface area contributed by atoms with Crippen molar-refractivity contribution in [1.29, 1.82) is 0 Å². The van der Waals surface area contributed by atoms with Crippen LogP contribution in [0.1, 0.15) is 27.2 Å². The summed E-state index contributed by atoms with van der Waals surface area (Å²) in [5, 5.41) is 29.8. The standard InChI is InChI=1S/C22H35N4O7/c1-21(2,3)17(27)4-5-23-6-8-24(14-18(28)29)10-12-26(16-20(32)33)13-11-25(9-7-23,15-19(30)31)22(23,24)26/h4-16H2,1-3H3/q+1/p+3/t22?,23?,24-,25?,26?/m1/s1. The summed E-state index contributed by atoms with van der Waals surface area (Å²) in [4.78, 5) is 49.4. The van der Waals surface area contributed by atoms with Crippen molar-refractivity contribution in [1.82, 2.24) is 0 Å². The van der Waals surface area contributed by atoms with Crippen LogP contribution in [-0.2, 0) is 19.2 Å². The van der Waals surface area contributed by atoms with Gasteiger partial charge < -0.3 is 15.3 Å². The fourth-order valence-electron chi connectivity index (χ4n) is 8.51. The van der Waals surface area contributed by atoms with E-state index in [0.29, 0.717) is 69.8 Å². The number of nitrogens with zero attached hydrogens (tertiary/aromatic N) is 4. The normalized spacial score (nSPS) is 41.1. The average Bonchev–Trinajstić information content (AvgIpc) is 3.29. The Morgan fingerprint density at radius 2 is 0.939 bits per heavy atom. The van der Waals surface area contributed by atoms with Gasteiger partial charge in [-0.25, -0.2) is 14.4 Å². The topological polar surface area (TPSA) is 129 Å². The van der Waals surface area contributed by atoms with Crippen LogP contribution in [0.4, 0.5) is 0 Å². The van der Waals surface area contributed by atoms with Gasteiger partial charge in [-0.2, -0.15) is 4.48 Å². The minimum Gasteiger partial charge on any atom is -0.477 e. The van der Waals surface area contributed by atoms with Crippen LogP contribution < -0.4 is 0 Å². The van der Waals surface area contributed by atoms with Crippen LogP contribution >= 0.6 is 0 Å². The molecule has 184 valence electrons. The van der Waals surface area contributed by atoms with Crippen molar-refractivity contribution < 1.29 is 52.4 Å². The van der Waals surface area contributed by atoms with Crippen LogP contribution in [0.3, 0.4) is 0 Å². The van der Waals surface area contributed by atoms with Crippen LogP contribution in [0.5, 0.6) is 0 Å². The molecule has 0 bridgehead atoms. The number of carbonyl (C=O) groups is 4. The molecular weight excluding hydrogens is 432 g/mol. The molecule has 11 heteroatoms. The molecule has 4 saturated heterocycles. The molecule has 0 aromatic heterocycles. The molecule has 4 fully saturated rings. The summed E-state index contributed by atoms with van der Waals surface area (Å²) in [5.74, 6) is -3.63. The maximum absolute atomic E-state index is 12.9. The first-order valence-corrected chi connectivity index (χ1v) is 11.8. The van der Waals surface area contributed by atoms with Crippen molar-refractivity contribution in [3.05, 3.63) is 0 Å². The fourth-order valence-corrected chi connectivity index (χ4v) is 8.51. The first-order chi connectivity index (χ1) is 15.2. The number of carboxylic acids is 3. The Morgan fingerprint density at radius 1 is 0.636 bits per heavy atom. The summed E-state index contributed by atoms with van der Waals surface area (Å²) in [7, 11) is 0. The van der Waals surface area contributed by atoms with E-state index in [4.69, 9.17) is 0 Å². The first kappa shape index (κ1) is 24.1. The van der Waals surface area contributed by atoms with Gasteiger partial charge in [0.05, 0.1) is 6.42 Å². The summed E-state index contributed by atoms with van der Waals surface area (Å²) in [6.45, 7) is 10.2. The van der Waals surface area contributed by atoms with Crippen molar-refractivity contribution in [3.8, 4) is 0 Å². The van der Waals surface area contributed by atoms with Crippen molar-refractivity contribution in [2.45, 2.75) is 33.1 Å². The number of Topliss-reactive ketones (excluding diaryl/α,β-unsaturated/α-hetero) is 1. The van der Waals surface area contributed by atoms with Gasteiger partial charge in [0.2, 0.25) is 0 Å². The summed E-state index contributed by atoms with van der Waals surface area (Å²) < 4.78 is 1.09. The van der Waals surface area contributed by atoms with Gasteiger partial charge in [0, 0.05) is 5.41 Å². The molecule has 4 heterocycles. The number of aliphatic carboxylic acids is 3. The van der Waals surface area contributed by atoms with Crippen LogP contribution in [0.15, 0.2) is 0 Å². The SMILES string of the molecule is CC(C)(C)C(=O)CC[N+]12CC[N+]3(CC(=O)O)CC[N+]4(CC(=O)O)CC[N@@+](CC(=O)O)(CC1)C234. The minimum atomic E-state index is -0.947. The zero-order chi connectivity index (χ0) is 24.5. The molecule has 33 heavy (non-hydrogen) atoms. The Bertz CT molecular complexity index is 833. The van der Waals surface area contributed by atoms with Gasteiger partial charge in [0.1, 0.15) is 64.7 Å². The van der Waals surface area contributed by atoms with Crippen LogP contribution in [0.2, 0.25) is 0 Å². The monoisotopic (exact) mass is 470 g/mol. The summed E-state index contributed by atoms with van der Waals surface area (Å²) in [6.07, 6.45) is 0.318. The molecule has 4 rings (SSSR count). The predicted octanol–water partition coefficient (Wildman–Crippen LogP) is -0.822. The Kier molecular flexibility index (Phi) is 5.25. The lowest BCUT2D eigenvalue weighted by Crippen LogP contribution is -2.85. The molecule has 3 N–H and O–H groups in total. The van der Waals surface area contributed by atoms with Gasteiger partial charge in [-0.15, -0.1) is 13.4 Å². The predicted molar refractivity (Wildman–Crippen MR) is 114 cm³/mol.